The van der Waals surface area contributed by atoms with Crippen molar-refractivity contribution in [1.29, 1.82) is 0 Å². The van der Waals surface area contributed by atoms with Crippen LogP contribution in [-0.4, -0.2) is 56.4 Å². The molecule has 0 aliphatic heterocycles. The maximum atomic E-state index is 11.9. The van der Waals surface area contributed by atoms with Gasteiger partial charge >= 0.3 is 0 Å². The first-order valence-electron chi connectivity index (χ1n) is 6.19. The Kier molecular flexibility index (Phi) is 5.59. The van der Waals surface area contributed by atoms with Gasteiger partial charge in [0.15, 0.2) is 5.78 Å². The minimum atomic E-state index is -3.63. The Hall–Kier alpha value is -1.77. The van der Waals surface area contributed by atoms with E-state index in [1.807, 2.05) is 0 Å². The van der Waals surface area contributed by atoms with E-state index in [2.05, 4.69) is 5.32 Å². The number of rotatable bonds is 6. The fraction of sp³-hybridized carbons (Fsp3) is 0.385. The molecule has 0 radical (unpaired) electrons. The maximum absolute atomic E-state index is 11.9. The molecule has 0 saturated carbocycles. The predicted molar refractivity (Wildman–Crippen MR) is 80.3 cm³/mol. The molecule has 8 heteroatoms. The quantitative estimate of drug-likeness (QED) is 0.778. The largest absolute Gasteiger partial charge is 0.325 e. The van der Waals surface area contributed by atoms with Gasteiger partial charge in [0.1, 0.15) is 0 Å². The number of hydrogen-bond donors (Lipinski definition) is 1. The molecule has 0 aromatic heterocycles. The predicted octanol–water partition coefficient (Wildman–Crippen LogP) is 0.566. The second-order valence-electron chi connectivity index (χ2n) is 4.73. The van der Waals surface area contributed by atoms with Crippen molar-refractivity contribution in [3.63, 3.8) is 0 Å². The van der Waals surface area contributed by atoms with Crippen molar-refractivity contribution in [2.75, 3.05) is 33.0 Å². The first kappa shape index (κ1) is 17.3. The van der Waals surface area contributed by atoms with Gasteiger partial charge in [0.2, 0.25) is 5.91 Å². The van der Waals surface area contributed by atoms with Crippen molar-refractivity contribution in [3.05, 3.63) is 29.8 Å². The smallest absolute Gasteiger partial charge is 0.281 e. The van der Waals surface area contributed by atoms with E-state index in [0.29, 0.717) is 11.3 Å². The summed E-state index contributed by atoms with van der Waals surface area (Å²) in [6, 6.07) is 6.46. The summed E-state index contributed by atoms with van der Waals surface area (Å²) in [7, 11) is 0.464. The first-order chi connectivity index (χ1) is 9.64. The second-order valence-corrected chi connectivity index (χ2v) is 6.98. The van der Waals surface area contributed by atoms with Crippen molar-refractivity contribution in [2.45, 2.75) is 6.92 Å². The zero-order chi connectivity index (χ0) is 16.2. The number of hydrogen-bond acceptors (Lipinski definition) is 4. The number of amides is 1. The van der Waals surface area contributed by atoms with Crippen molar-refractivity contribution in [2.24, 2.45) is 0 Å². The standard InChI is InChI=1S/C13H19N3O4S/c1-10(17)11-6-5-7-12(8-11)14-13(18)9-16(4)21(19,20)15(2)3/h5-8H,9H2,1-4H3,(H,14,18). The van der Waals surface area contributed by atoms with Crippen LogP contribution in [0.5, 0.6) is 0 Å². The molecule has 0 saturated heterocycles. The zero-order valence-electron chi connectivity index (χ0n) is 12.5. The van der Waals surface area contributed by atoms with Crippen molar-refractivity contribution >= 4 is 27.6 Å². The Morgan fingerprint density at radius 2 is 1.81 bits per heavy atom. The SMILES string of the molecule is CC(=O)c1cccc(NC(=O)CN(C)S(=O)(=O)N(C)C)c1. The van der Waals surface area contributed by atoms with Gasteiger partial charge in [-0.25, -0.2) is 0 Å². The average molecular weight is 313 g/mol. The molecule has 0 atom stereocenters. The molecule has 0 aliphatic carbocycles. The van der Waals surface area contributed by atoms with Gasteiger partial charge in [-0.05, 0) is 19.1 Å². The summed E-state index contributed by atoms with van der Waals surface area (Å²) in [5, 5.41) is 2.56. The third kappa shape index (κ3) is 4.62. The van der Waals surface area contributed by atoms with Crippen LogP contribution in [0.15, 0.2) is 24.3 Å². The fourth-order valence-corrected chi connectivity index (χ4v) is 2.42. The third-order valence-corrected chi connectivity index (χ3v) is 4.61. The lowest BCUT2D eigenvalue weighted by atomic mass is 10.1. The van der Waals surface area contributed by atoms with Crippen LogP contribution < -0.4 is 5.32 Å². The average Bonchev–Trinajstić information content (AvgIpc) is 2.38. The summed E-state index contributed by atoms with van der Waals surface area (Å²) in [6.07, 6.45) is 0. The van der Waals surface area contributed by atoms with E-state index in [1.54, 1.807) is 24.3 Å². The molecule has 116 valence electrons. The van der Waals surface area contributed by atoms with E-state index in [9.17, 15) is 18.0 Å². The number of carbonyl (C=O) groups is 2. The van der Waals surface area contributed by atoms with E-state index < -0.39 is 16.1 Å². The molecule has 1 N–H and O–H groups in total. The Balaban J connectivity index is 2.75. The van der Waals surface area contributed by atoms with Gasteiger partial charge in [0.25, 0.3) is 10.2 Å². The summed E-state index contributed by atoms with van der Waals surface area (Å²) < 4.78 is 25.5. The van der Waals surface area contributed by atoms with Gasteiger partial charge in [-0.1, -0.05) is 12.1 Å². The molecule has 21 heavy (non-hydrogen) atoms. The number of nitrogens with one attached hydrogen (secondary N) is 1. The summed E-state index contributed by atoms with van der Waals surface area (Å²) in [5.41, 5.74) is 0.922. The van der Waals surface area contributed by atoms with Gasteiger partial charge in [0.05, 0.1) is 6.54 Å². The molecule has 0 spiro atoms. The molecule has 0 bridgehead atoms. The number of ketones is 1. The molecule has 0 aliphatic rings. The molecule has 7 nitrogen and oxygen atoms in total. The first-order valence-corrected chi connectivity index (χ1v) is 7.59. The molecule has 1 aromatic rings. The molecular weight excluding hydrogens is 294 g/mol. The molecule has 1 aromatic carbocycles. The van der Waals surface area contributed by atoms with Crippen molar-refractivity contribution in [3.8, 4) is 0 Å². The van der Waals surface area contributed by atoms with Gasteiger partial charge in [-0.2, -0.15) is 17.0 Å². The Bertz CT molecular complexity index is 641. The number of likely N-dealkylation sites (N-methyl/N-ethyl adjacent to an activating group) is 1. The van der Waals surface area contributed by atoms with E-state index in [1.165, 1.54) is 28.1 Å². The van der Waals surface area contributed by atoms with E-state index in [4.69, 9.17) is 0 Å². The lowest BCUT2D eigenvalue weighted by molar-refractivity contribution is -0.116. The van der Waals surface area contributed by atoms with Crippen LogP contribution >= 0.6 is 0 Å². The van der Waals surface area contributed by atoms with Crippen molar-refractivity contribution in [1.82, 2.24) is 8.61 Å². The molecule has 1 rings (SSSR count). The van der Waals surface area contributed by atoms with Crippen LogP contribution in [0.1, 0.15) is 17.3 Å². The summed E-state index contributed by atoms with van der Waals surface area (Å²) >= 11 is 0. The molecule has 1 amide bonds. The highest BCUT2D eigenvalue weighted by molar-refractivity contribution is 7.86. The monoisotopic (exact) mass is 313 g/mol. The molecule has 0 unspecified atom stereocenters. The van der Waals surface area contributed by atoms with Crippen molar-refractivity contribution < 1.29 is 18.0 Å². The van der Waals surface area contributed by atoms with Crippen LogP contribution in [0, 0.1) is 0 Å². The van der Waals surface area contributed by atoms with Crippen LogP contribution in [0.4, 0.5) is 5.69 Å². The number of carbonyl (C=O) groups excluding carboxylic acids is 2. The topological polar surface area (TPSA) is 86.8 Å². The third-order valence-electron chi connectivity index (χ3n) is 2.77. The second kappa shape index (κ2) is 6.79. The molecule has 0 fully saturated rings. The Labute approximate surface area is 124 Å². The van der Waals surface area contributed by atoms with E-state index in [0.717, 1.165) is 8.61 Å². The van der Waals surface area contributed by atoms with E-state index in [-0.39, 0.29) is 12.3 Å². The van der Waals surface area contributed by atoms with Gasteiger partial charge < -0.3 is 5.32 Å². The number of anilines is 1. The lowest BCUT2D eigenvalue weighted by Crippen LogP contribution is -2.41. The summed E-state index contributed by atoms with van der Waals surface area (Å²) in [5.74, 6) is -0.595. The van der Waals surface area contributed by atoms with Crippen LogP contribution in [-0.2, 0) is 15.0 Å². The minimum absolute atomic E-state index is 0.113. The van der Waals surface area contributed by atoms with Gasteiger partial charge in [-0.3, -0.25) is 9.59 Å². The fourth-order valence-electron chi connectivity index (χ4n) is 1.58. The van der Waals surface area contributed by atoms with Crippen LogP contribution in [0.25, 0.3) is 0 Å². The van der Waals surface area contributed by atoms with Crippen LogP contribution in [0.2, 0.25) is 0 Å². The number of Topliss-reactive ketones (excluding diaryl/α,β-unsaturated/α-hetero) is 1. The van der Waals surface area contributed by atoms with Gasteiger partial charge in [-0.15, -0.1) is 0 Å². The zero-order valence-corrected chi connectivity index (χ0v) is 13.3. The van der Waals surface area contributed by atoms with E-state index >= 15 is 0 Å². The normalized spacial score (nSPS) is 11.7. The summed E-state index contributed by atoms with van der Waals surface area (Å²) in [6.45, 7) is 1.11. The Morgan fingerprint density at radius 1 is 1.19 bits per heavy atom. The molecular formula is C13H19N3O4S. The lowest BCUT2D eigenvalue weighted by Gasteiger charge is -2.20. The highest BCUT2D eigenvalue weighted by atomic mass is 32.2. The van der Waals surface area contributed by atoms with Crippen LogP contribution in [0.3, 0.4) is 0 Å². The minimum Gasteiger partial charge on any atom is -0.325 e. The molecule has 0 heterocycles. The van der Waals surface area contributed by atoms with Gasteiger partial charge in [0, 0.05) is 32.4 Å². The Morgan fingerprint density at radius 3 is 2.33 bits per heavy atom. The summed E-state index contributed by atoms with van der Waals surface area (Å²) in [4.78, 5) is 23.1. The highest BCUT2D eigenvalue weighted by Gasteiger charge is 2.22. The number of benzene rings is 1. The maximum Gasteiger partial charge on any atom is 0.281 e. The number of nitrogens with zero attached hydrogens (tertiary/aromatic N) is 2. The highest BCUT2D eigenvalue weighted by Crippen LogP contribution is 2.11.